The van der Waals surface area contributed by atoms with E-state index in [9.17, 15) is 9.18 Å². The van der Waals surface area contributed by atoms with Gasteiger partial charge in [-0.3, -0.25) is 9.78 Å². The number of pyridine rings is 1. The van der Waals surface area contributed by atoms with Gasteiger partial charge in [-0.1, -0.05) is 12.1 Å². The fraction of sp³-hybridized carbons (Fsp3) is 0.368. The Morgan fingerprint density at radius 3 is 2.83 bits per heavy atom. The average molecular weight is 328 g/mol. The second-order valence-electron chi connectivity index (χ2n) is 6.25. The van der Waals surface area contributed by atoms with E-state index in [0.29, 0.717) is 30.8 Å². The van der Waals surface area contributed by atoms with E-state index in [-0.39, 0.29) is 23.6 Å². The third kappa shape index (κ3) is 3.31. The topological polar surface area (TPSA) is 42.4 Å². The first-order valence-corrected chi connectivity index (χ1v) is 8.05. The Morgan fingerprint density at radius 2 is 2.17 bits per heavy atom. The van der Waals surface area contributed by atoms with E-state index < -0.39 is 0 Å². The van der Waals surface area contributed by atoms with Gasteiger partial charge in [0.15, 0.2) is 0 Å². The molecule has 0 spiro atoms. The summed E-state index contributed by atoms with van der Waals surface area (Å²) in [5.41, 5.74) is 1.89. The number of amides is 1. The van der Waals surface area contributed by atoms with Crippen molar-refractivity contribution in [2.45, 2.75) is 12.8 Å². The van der Waals surface area contributed by atoms with Gasteiger partial charge in [-0.2, -0.15) is 0 Å². The summed E-state index contributed by atoms with van der Waals surface area (Å²) in [5.74, 6) is -0.183. The molecule has 126 valence electrons. The van der Waals surface area contributed by atoms with E-state index in [1.54, 1.807) is 37.3 Å². The number of carbonyl (C=O) groups excluding carboxylic acids is 1. The van der Waals surface area contributed by atoms with Crippen molar-refractivity contribution in [2.75, 3.05) is 26.8 Å². The summed E-state index contributed by atoms with van der Waals surface area (Å²) in [7, 11) is 1.66. The number of aryl methyl sites for hydroxylation is 1. The van der Waals surface area contributed by atoms with Crippen LogP contribution in [0.15, 0.2) is 42.6 Å². The Hall–Kier alpha value is -2.27. The van der Waals surface area contributed by atoms with Crippen molar-refractivity contribution in [2.24, 2.45) is 5.92 Å². The Bertz CT molecular complexity index is 721. The zero-order valence-corrected chi connectivity index (χ0v) is 13.9. The molecule has 1 saturated heterocycles. The van der Waals surface area contributed by atoms with E-state index in [1.165, 1.54) is 6.07 Å². The second-order valence-corrected chi connectivity index (χ2v) is 6.25. The molecule has 2 atom stereocenters. The molecule has 0 radical (unpaired) electrons. The summed E-state index contributed by atoms with van der Waals surface area (Å²) in [6.07, 6.45) is 1.76. The molecule has 2 heterocycles. The molecule has 24 heavy (non-hydrogen) atoms. The Balaban J connectivity index is 1.82. The molecule has 1 aliphatic rings. The summed E-state index contributed by atoms with van der Waals surface area (Å²) >= 11 is 0. The van der Waals surface area contributed by atoms with Crippen LogP contribution in [-0.2, 0) is 4.74 Å². The summed E-state index contributed by atoms with van der Waals surface area (Å²) in [6.45, 7) is 3.40. The van der Waals surface area contributed by atoms with Crippen LogP contribution in [0.3, 0.4) is 0 Å². The lowest BCUT2D eigenvalue weighted by Crippen LogP contribution is -2.29. The highest BCUT2D eigenvalue weighted by Gasteiger charge is 2.37. The number of methoxy groups -OCH3 is 1. The molecule has 1 aromatic heterocycles. The van der Waals surface area contributed by atoms with E-state index in [2.05, 4.69) is 4.98 Å². The molecule has 1 amide bonds. The van der Waals surface area contributed by atoms with Crippen molar-refractivity contribution in [1.82, 2.24) is 9.88 Å². The molecule has 1 aromatic carbocycles. The van der Waals surface area contributed by atoms with Gasteiger partial charge in [0.25, 0.3) is 5.91 Å². The van der Waals surface area contributed by atoms with Gasteiger partial charge in [0, 0.05) is 49.5 Å². The summed E-state index contributed by atoms with van der Waals surface area (Å²) < 4.78 is 19.1. The van der Waals surface area contributed by atoms with Crippen molar-refractivity contribution < 1.29 is 13.9 Å². The zero-order chi connectivity index (χ0) is 17.1. The molecule has 3 rings (SSSR count). The normalized spacial score (nSPS) is 20.4. The Morgan fingerprint density at radius 1 is 1.33 bits per heavy atom. The quantitative estimate of drug-likeness (QED) is 0.866. The van der Waals surface area contributed by atoms with Crippen LogP contribution in [0.25, 0.3) is 0 Å². The van der Waals surface area contributed by atoms with Gasteiger partial charge in [-0.25, -0.2) is 4.39 Å². The number of ether oxygens (including phenoxy) is 1. The second kappa shape index (κ2) is 7.09. The number of hydrogen-bond acceptors (Lipinski definition) is 3. The molecule has 0 saturated carbocycles. The van der Waals surface area contributed by atoms with E-state index >= 15 is 0 Å². The largest absolute Gasteiger partial charge is 0.384 e. The third-order valence-corrected chi connectivity index (χ3v) is 4.60. The molecule has 2 aromatic rings. The summed E-state index contributed by atoms with van der Waals surface area (Å²) in [5, 5.41) is 0. The third-order valence-electron chi connectivity index (χ3n) is 4.60. The number of benzene rings is 1. The van der Waals surface area contributed by atoms with Gasteiger partial charge in [0.05, 0.1) is 6.61 Å². The number of nitrogens with zero attached hydrogens (tertiary/aromatic N) is 2. The lowest BCUT2D eigenvalue weighted by Gasteiger charge is -2.16. The number of halogens is 1. The van der Waals surface area contributed by atoms with Crippen molar-refractivity contribution >= 4 is 5.91 Å². The number of aromatic nitrogens is 1. The number of carbonyl (C=O) groups is 1. The fourth-order valence-corrected chi connectivity index (χ4v) is 3.26. The number of rotatable bonds is 4. The van der Waals surface area contributed by atoms with Crippen LogP contribution >= 0.6 is 0 Å². The highest BCUT2D eigenvalue weighted by molar-refractivity contribution is 5.94. The Labute approximate surface area is 141 Å². The molecule has 0 unspecified atom stereocenters. The average Bonchev–Trinajstić information content (AvgIpc) is 3.02. The molecule has 4 nitrogen and oxygen atoms in total. The van der Waals surface area contributed by atoms with Crippen molar-refractivity contribution in [1.29, 1.82) is 0 Å². The van der Waals surface area contributed by atoms with Crippen LogP contribution in [0, 0.1) is 18.7 Å². The first-order chi connectivity index (χ1) is 11.6. The van der Waals surface area contributed by atoms with Crippen LogP contribution in [0.4, 0.5) is 4.39 Å². The molecule has 1 fully saturated rings. The predicted octanol–water partition coefficient (Wildman–Crippen LogP) is 3.03. The first kappa shape index (κ1) is 16.6. The molecule has 1 aliphatic heterocycles. The molecule has 0 N–H and O–H groups in total. The zero-order valence-electron chi connectivity index (χ0n) is 13.9. The molecular weight excluding hydrogens is 307 g/mol. The predicted molar refractivity (Wildman–Crippen MR) is 89.4 cm³/mol. The van der Waals surface area contributed by atoms with Crippen LogP contribution < -0.4 is 0 Å². The highest BCUT2D eigenvalue weighted by atomic mass is 19.1. The molecule has 0 bridgehead atoms. The molecule has 0 aliphatic carbocycles. The van der Waals surface area contributed by atoms with Gasteiger partial charge in [-0.05, 0) is 36.8 Å². The van der Waals surface area contributed by atoms with Crippen LogP contribution in [0.1, 0.15) is 27.5 Å². The monoisotopic (exact) mass is 328 g/mol. The lowest BCUT2D eigenvalue weighted by atomic mass is 9.93. The molecular formula is C19H21FN2O2. The van der Waals surface area contributed by atoms with E-state index in [4.69, 9.17) is 4.74 Å². The maximum atomic E-state index is 13.8. The van der Waals surface area contributed by atoms with Gasteiger partial charge in [0.2, 0.25) is 0 Å². The van der Waals surface area contributed by atoms with E-state index in [1.807, 2.05) is 18.2 Å². The first-order valence-electron chi connectivity index (χ1n) is 8.05. The lowest BCUT2D eigenvalue weighted by molar-refractivity contribution is 0.0775. The maximum Gasteiger partial charge on any atom is 0.253 e. The van der Waals surface area contributed by atoms with Crippen molar-refractivity contribution in [3.63, 3.8) is 0 Å². The van der Waals surface area contributed by atoms with Crippen LogP contribution in [0.5, 0.6) is 0 Å². The van der Waals surface area contributed by atoms with Gasteiger partial charge < -0.3 is 9.64 Å². The number of hydrogen-bond donors (Lipinski definition) is 0. The number of likely N-dealkylation sites (tertiary alicyclic amines) is 1. The summed E-state index contributed by atoms with van der Waals surface area (Å²) in [4.78, 5) is 18.9. The van der Waals surface area contributed by atoms with Gasteiger partial charge in [0.1, 0.15) is 5.82 Å². The van der Waals surface area contributed by atoms with Gasteiger partial charge >= 0.3 is 0 Å². The van der Waals surface area contributed by atoms with Crippen molar-refractivity contribution in [3.8, 4) is 0 Å². The van der Waals surface area contributed by atoms with Crippen LogP contribution in [0.2, 0.25) is 0 Å². The van der Waals surface area contributed by atoms with Crippen LogP contribution in [-0.4, -0.2) is 42.6 Å². The minimum Gasteiger partial charge on any atom is -0.384 e. The summed E-state index contributed by atoms with van der Waals surface area (Å²) in [6, 6.07) is 10.4. The highest BCUT2D eigenvalue weighted by Crippen LogP contribution is 2.32. The smallest absolute Gasteiger partial charge is 0.253 e. The SMILES string of the molecule is COC[C@@H]1CN(C(=O)c2ccc(C)c(F)c2)C[C@H]1c1ccccn1. The minimum absolute atomic E-state index is 0.130. The Kier molecular flexibility index (Phi) is 4.90. The van der Waals surface area contributed by atoms with E-state index in [0.717, 1.165) is 5.69 Å². The maximum absolute atomic E-state index is 13.8. The molecule has 5 heteroatoms. The minimum atomic E-state index is -0.352. The fourth-order valence-electron chi connectivity index (χ4n) is 3.26. The van der Waals surface area contributed by atoms with Crippen molar-refractivity contribution in [3.05, 3.63) is 65.2 Å². The van der Waals surface area contributed by atoms with Gasteiger partial charge in [-0.15, -0.1) is 0 Å². The standard InChI is InChI=1S/C19H21FN2O2/c1-13-6-7-14(9-17(13)20)19(23)22-10-15(12-24-2)16(11-22)18-5-3-4-8-21-18/h3-9,15-16H,10-12H2,1-2H3/t15-,16+/m0/s1.